The van der Waals surface area contributed by atoms with Crippen molar-refractivity contribution >= 4 is 11.9 Å². The van der Waals surface area contributed by atoms with Gasteiger partial charge in [0, 0.05) is 0 Å². The molecule has 2 aliphatic rings. The summed E-state index contributed by atoms with van der Waals surface area (Å²) in [5, 5.41) is 0. The second-order valence-electron chi connectivity index (χ2n) is 13.8. The molecule has 1 unspecified atom stereocenters. The van der Waals surface area contributed by atoms with Gasteiger partial charge in [-0.1, -0.05) is 83.4 Å². The van der Waals surface area contributed by atoms with Gasteiger partial charge < -0.3 is 14.2 Å². The van der Waals surface area contributed by atoms with E-state index in [1.165, 1.54) is 37.7 Å². The van der Waals surface area contributed by atoms with Gasteiger partial charge in [-0.05, 0) is 111 Å². The Morgan fingerprint density at radius 1 is 0.729 bits per heavy atom. The molecule has 0 bridgehead atoms. The van der Waals surface area contributed by atoms with Crippen LogP contribution < -0.4 is 9.47 Å². The number of hydrogen-bond donors (Lipinski definition) is 0. The quantitative estimate of drug-likeness (QED) is 0.0896. The van der Waals surface area contributed by atoms with Crippen LogP contribution in [-0.2, 0) is 27.2 Å². The van der Waals surface area contributed by atoms with Gasteiger partial charge in [-0.3, -0.25) is 9.59 Å². The summed E-state index contributed by atoms with van der Waals surface area (Å²) >= 11 is 0. The predicted molar refractivity (Wildman–Crippen MR) is 182 cm³/mol. The van der Waals surface area contributed by atoms with Gasteiger partial charge in [0.2, 0.25) is 0 Å². The van der Waals surface area contributed by atoms with Crippen molar-refractivity contribution in [1.29, 1.82) is 0 Å². The maximum absolute atomic E-state index is 13.5. The maximum atomic E-state index is 13.5. The third-order valence-electron chi connectivity index (χ3n) is 10.1. The van der Waals surface area contributed by atoms with Gasteiger partial charge >= 0.3 is 18.1 Å². The molecule has 2 aliphatic carbocycles. The highest BCUT2D eigenvalue weighted by Crippen LogP contribution is 2.38. The van der Waals surface area contributed by atoms with Gasteiger partial charge in [-0.25, -0.2) is 0 Å². The van der Waals surface area contributed by atoms with E-state index in [4.69, 9.17) is 14.2 Å². The molecular weight excluding hydrogens is 617 g/mol. The summed E-state index contributed by atoms with van der Waals surface area (Å²) < 4.78 is 57.4. The minimum Gasteiger partial charge on any atom is -0.494 e. The molecule has 2 atom stereocenters. The summed E-state index contributed by atoms with van der Waals surface area (Å²) in [7, 11) is 0. The van der Waals surface area contributed by atoms with Crippen molar-refractivity contribution in [1.82, 2.24) is 0 Å². The van der Waals surface area contributed by atoms with E-state index in [2.05, 4.69) is 31.2 Å². The zero-order valence-electron chi connectivity index (χ0n) is 29.0. The molecule has 0 spiro atoms. The lowest BCUT2D eigenvalue weighted by atomic mass is 9.79. The van der Waals surface area contributed by atoms with Gasteiger partial charge in [0.25, 0.3) is 0 Å². The molecule has 0 amide bonds. The van der Waals surface area contributed by atoms with Gasteiger partial charge in [-0.2, -0.15) is 13.2 Å². The molecule has 1 fully saturated rings. The lowest BCUT2D eigenvalue weighted by Gasteiger charge is -2.28. The molecule has 0 N–H and O–H groups in total. The molecule has 0 heterocycles. The van der Waals surface area contributed by atoms with Gasteiger partial charge in [-0.15, -0.1) is 0 Å². The lowest BCUT2D eigenvalue weighted by Crippen LogP contribution is -2.37. The van der Waals surface area contributed by atoms with Crippen molar-refractivity contribution < 1.29 is 37.0 Å². The Balaban J connectivity index is 1.19. The summed E-state index contributed by atoms with van der Waals surface area (Å²) in [4.78, 5) is 25.8. The van der Waals surface area contributed by atoms with E-state index >= 15 is 0 Å². The number of alkyl halides is 3. The zero-order valence-corrected chi connectivity index (χ0v) is 29.0. The summed E-state index contributed by atoms with van der Waals surface area (Å²) in [6.45, 7) is 4.98. The average Bonchev–Trinajstić information content (AvgIpc) is 3.08. The normalized spacial score (nSPS) is 20.1. The van der Waals surface area contributed by atoms with E-state index in [0.717, 1.165) is 68.4 Å². The van der Waals surface area contributed by atoms with Crippen LogP contribution in [0, 0.1) is 11.8 Å². The first kappa shape index (κ1) is 37.8. The first-order valence-electron chi connectivity index (χ1n) is 18.5. The van der Waals surface area contributed by atoms with Crippen molar-refractivity contribution in [3.63, 3.8) is 0 Å². The maximum Gasteiger partial charge on any atom is 0.425 e. The number of benzene rings is 2. The number of hydrogen-bond acceptors (Lipinski definition) is 5. The number of carbonyl (C=O) groups excluding carboxylic acids is 2. The minimum absolute atomic E-state index is 0.153. The average molecular weight is 673 g/mol. The Hall–Kier alpha value is -3.03. The van der Waals surface area contributed by atoms with Gasteiger partial charge in [0.1, 0.15) is 11.5 Å². The molecule has 48 heavy (non-hydrogen) atoms. The smallest absolute Gasteiger partial charge is 0.425 e. The highest BCUT2D eigenvalue weighted by molar-refractivity contribution is 5.76. The van der Waals surface area contributed by atoms with E-state index in [1.807, 2.05) is 19.1 Å². The van der Waals surface area contributed by atoms with Crippen LogP contribution in [0.3, 0.4) is 0 Å². The van der Waals surface area contributed by atoms with E-state index in [0.29, 0.717) is 43.8 Å². The third-order valence-corrected chi connectivity index (χ3v) is 10.1. The van der Waals surface area contributed by atoms with Crippen LogP contribution in [0.4, 0.5) is 13.2 Å². The molecule has 4 rings (SSSR count). The number of aryl methyl sites for hydroxylation is 1. The second-order valence-corrected chi connectivity index (χ2v) is 13.8. The Kier molecular flexibility index (Phi) is 15.1. The number of halogens is 3. The number of unbranched alkanes of at least 4 members (excludes halogenated alkanes) is 8. The van der Waals surface area contributed by atoms with Crippen molar-refractivity contribution in [2.45, 2.75) is 148 Å². The minimum atomic E-state index is -4.57. The summed E-state index contributed by atoms with van der Waals surface area (Å²) in [6.07, 6.45) is 8.11. The summed E-state index contributed by atoms with van der Waals surface area (Å²) in [5.41, 5.74) is 3.12. The van der Waals surface area contributed by atoms with Crippen molar-refractivity contribution in [3.05, 3.63) is 59.2 Å². The first-order valence-corrected chi connectivity index (χ1v) is 18.5. The van der Waals surface area contributed by atoms with Crippen LogP contribution in [0.15, 0.2) is 42.5 Å². The van der Waals surface area contributed by atoms with Gasteiger partial charge in [0.05, 0.1) is 18.4 Å². The Morgan fingerprint density at radius 2 is 1.38 bits per heavy atom. The zero-order chi connectivity index (χ0) is 34.4. The summed E-state index contributed by atoms with van der Waals surface area (Å²) in [6, 6.07) is 13.8. The largest absolute Gasteiger partial charge is 0.494 e. The van der Waals surface area contributed by atoms with Crippen LogP contribution in [-0.4, -0.2) is 30.8 Å². The highest BCUT2D eigenvalue weighted by Gasteiger charge is 2.43. The van der Waals surface area contributed by atoms with Crippen molar-refractivity contribution in [2.75, 3.05) is 6.61 Å². The van der Waals surface area contributed by atoms with E-state index < -0.39 is 24.2 Å². The fraction of sp³-hybridized carbons (Fsp3) is 0.650. The van der Waals surface area contributed by atoms with E-state index in [1.54, 1.807) is 6.07 Å². The molecule has 266 valence electrons. The number of carbonyl (C=O) groups is 2. The SMILES string of the molecule is CCCCCCCCOc1ccc(C2CCC(C(=O)Oc3ccc4c(c3)CCC(C(=O)O[C@H](CCCCCC)C(F)(F)F)C4)CC2)cc1. The molecular formula is C40H55F3O5. The molecule has 8 heteroatoms. The number of fused-ring (bicyclic) bond motifs is 1. The first-order chi connectivity index (χ1) is 23.2. The van der Waals surface area contributed by atoms with Crippen LogP contribution in [0.2, 0.25) is 0 Å². The fourth-order valence-electron chi connectivity index (χ4n) is 7.05. The molecule has 0 radical (unpaired) electrons. The standard InChI is InChI=1S/C40H55F3O5/c1-3-5-7-9-10-12-26-46-35-23-20-30(21-24-35)29-14-16-31(17-15-29)38(44)47-36-25-22-32-27-34(19-18-33(32)28-36)39(45)48-37(40(41,42)43)13-11-8-6-4-2/h20-25,28-29,31,34,37H,3-19,26-27H2,1-2H3/t29?,31?,34?,37-/m1/s1. The Labute approximate surface area is 285 Å². The van der Waals surface area contributed by atoms with Gasteiger partial charge in [0.15, 0.2) is 6.10 Å². The number of esters is 2. The topological polar surface area (TPSA) is 61.8 Å². The van der Waals surface area contributed by atoms with E-state index in [-0.39, 0.29) is 18.3 Å². The number of rotatable bonds is 18. The van der Waals surface area contributed by atoms with E-state index in [9.17, 15) is 22.8 Å². The van der Waals surface area contributed by atoms with Crippen molar-refractivity contribution in [2.24, 2.45) is 11.8 Å². The van der Waals surface area contributed by atoms with Crippen LogP contribution in [0.5, 0.6) is 11.5 Å². The highest BCUT2D eigenvalue weighted by atomic mass is 19.4. The summed E-state index contributed by atoms with van der Waals surface area (Å²) in [5.74, 6) is 0.0300. The van der Waals surface area contributed by atoms with Crippen molar-refractivity contribution in [3.8, 4) is 11.5 Å². The second kappa shape index (κ2) is 19.2. The van der Waals surface area contributed by atoms with Crippen LogP contribution in [0.1, 0.15) is 139 Å². The fourth-order valence-corrected chi connectivity index (χ4v) is 7.05. The molecule has 0 saturated heterocycles. The molecule has 1 saturated carbocycles. The monoisotopic (exact) mass is 672 g/mol. The molecule has 0 aromatic heterocycles. The van der Waals surface area contributed by atoms with Crippen LogP contribution in [0.25, 0.3) is 0 Å². The predicted octanol–water partition coefficient (Wildman–Crippen LogP) is 10.9. The molecule has 2 aromatic carbocycles. The van der Waals surface area contributed by atoms with Crippen LogP contribution >= 0.6 is 0 Å². The number of ether oxygens (including phenoxy) is 3. The Bertz CT molecular complexity index is 1270. The molecule has 5 nitrogen and oxygen atoms in total. The Morgan fingerprint density at radius 3 is 2.06 bits per heavy atom. The lowest BCUT2D eigenvalue weighted by molar-refractivity contribution is -0.225. The third kappa shape index (κ3) is 11.8. The molecule has 0 aliphatic heterocycles. The molecule has 2 aromatic rings.